The van der Waals surface area contributed by atoms with Crippen molar-refractivity contribution in [2.45, 2.75) is 33.6 Å². The lowest BCUT2D eigenvalue weighted by Gasteiger charge is -2.31. The van der Waals surface area contributed by atoms with Crippen molar-refractivity contribution in [2.24, 2.45) is 33.3 Å². The SMILES string of the molecule is CC1(C)[C@H]2CC[C@]1(C)C(=O)/C2=N/[NH+]=C(N)N. The van der Waals surface area contributed by atoms with Crippen LogP contribution < -0.4 is 16.6 Å². The van der Waals surface area contributed by atoms with Gasteiger partial charge in [-0.25, -0.2) is 0 Å². The average molecular weight is 223 g/mol. The van der Waals surface area contributed by atoms with Crippen LogP contribution in [-0.2, 0) is 4.79 Å². The highest BCUT2D eigenvalue weighted by molar-refractivity contribution is 6.45. The maximum atomic E-state index is 12.3. The third-order valence-corrected chi connectivity index (χ3v) is 4.60. The first-order valence-electron chi connectivity index (χ1n) is 5.57. The standard InChI is InChI=1S/C11H18N4O/c1-10(2)6-4-5-11(10,3)8(16)7(6)14-15-9(12)13/h6H,4-5H2,1-3H3,(H4,12,13,15)/p+1/b14-7+/t6-,11+/m0/s1. The average Bonchev–Trinajstić information content (AvgIpc) is 2.47. The van der Waals surface area contributed by atoms with E-state index in [2.05, 4.69) is 24.1 Å². The van der Waals surface area contributed by atoms with Gasteiger partial charge in [0.05, 0.1) is 0 Å². The zero-order chi connectivity index (χ0) is 12.1. The van der Waals surface area contributed by atoms with E-state index in [1.807, 2.05) is 6.92 Å². The van der Waals surface area contributed by atoms with Gasteiger partial charge in [-0.05, 0) is 18.3 Å². The number of nitrogens with one attached hydrogen (secondary N) is 1. The second kappa shape index (κ2) is 3.06. The summed E-state index contributed by atoms with van der Waals surface area (Å²) in [6, 6.07) is 0. The largest absolute Gasteiger partial charge is 0.362 e. The molecule has 0 radical (unpaired) electrons. The molecule has 2 aliphatic rings. The van der Waals surface area contributed by atoms with Gasteiger partial charge in [-0.15, -0.1) is 5.10 Å². The first-order chi connectivity index (χ1) is 7.30. The Kier molecular flexibility index (Phi) is 2.12. The van der Waals surface area contributed by atoms with Crippen LogP contribution >= 0.6 is 0 Å². The van der Waals surface area contributed by atoms with Crippen molar-refractivity contribution in [2.75, 3.05) is 0 Å². The molecule has 2 saturated carbocycles. The van der Waals surface area contributed by atoms with E-state index >= 15 is 0 Å². The highest BCUT2D eigenvalue weighted by atomic mass is 16.1. The Morgan fingerprint density at radius 3 is 2.50 bits per heavy atom. The quantitative estimate of drug-likeness (QED) is 0.293. The van der Waals surface area contributed by atoms with Crippen LogP contribution in [0.1, 0.15) is 33.6 Å². The van der Waals surface area contributed by atoms with Crippen molar-refractivity contribution in [1.29, 1.82) is 0 Å². The summed E-state index contributed by atoms with van der Waals surface area (Å²) >= 11 is 0. The molecule has 0 aliphatic heterocycles. The Morgan fingerprint density at radius 2 is 2.06 bits per heavy atom. The zero-order valence-electron chi connectivity index (χ0n) is 10.0. The number of carbonyl (C=O) groups excluding carboxylic acids is 1. The molecule has 2 fully saturated rings. The number of carbonyl (C=O) groups is 1. The maximum absolute atomic E-state index is 12.3. The summed E-state index contributed by atoms with van der Waals surface area (Å²) in [7, 11) is 0. The lowest BCUT2D eigenvalue weighted by atomic mass is 9.70. The van der Waals surface area contributed by atoms with Gasteiger partial charge in [-0.1, -0.05) is 20.8 Å². The van der Waals surface area contributed by atoms with Gasteiger partial charge in [0.1, 0.15) is 5.71 Å². The Morgan fingerprint density at radius 1 is 1.44 bits per heavy atom. The van der Waals surface area contributed by atoms with Gasteiger partial charge in [0.15, 0.2) is 5.78 Å². The number of Topliss-reactive ketones (excluding diaryl/α,β-unsaturated/α-hetero) is 1. The van der Waals surface area contributed by atoms with Crippen molar-refractivity contribution in [3.63, 3.8) is 0 Å². The molecule has 0 spiro atoms. The lowest BCUT2D eigenvalue weighted by molar-refractivity contribution is -0.464. The Balaban J connectivity index is 2.45. The van der Waals surface area contributed by atoms with Crippen LogP contribution in [0.4, 0.5) is 0 Å². The fourth-order valence-corrected chi connectivity index (χ4v) is 3.08. The van der Waals surface area contributed by atoms with E-state index in [1.54, 1.807) is 0 Å². The van der Waals surface area contributed by atoms with Gasteiger partial charge in [0, 0.05) is 11.3 Å². The molecule has 0 aromatic heterocycles. The minimum absolute atomic E-state index is 0.0195. The van der Waals surface area contributed by atoms with E-state index in [1.165, 1.54) is 0 Å². The van der Waals surface area contributed by atoms with Crippen molar-refractivity contribution < 1.29 is 9.90 Å². The predicted octanol–water partition coefficient (Wildman–Crippen LogP) is -1.28. The smallest absolute Gasteiger partial charge is 0.292 e. The van der Waals surface area contributed by atoms with Gasteiger partial charge < -0.3 is 0 Å². The highest BCUT2D eigenvalue weighted by Gasteiger charge is 2.65. The van der Waals surface area contributed by atoms with Crippen molar-refractivity contribution in [3.8, 4) is 0 Å². The molecule has 16 heavy (non-hydrogen) atoms. The van der Waals surface area contributed by atoms with Gasteiger partial charge in [0.2, 0.25) is 0 Å². The molecule has 5 heteroatoms. The predicted molar refractivity (Wildman–Crippen MR) is 61.4 cm³/mol. The molecule has 0 saturated heterocycles. The summed E-state index contributed by atoms with van der Waals surface area (Å²) in [6.45, 7) is 6.31. The Hall–Kier alpha value is -1.39. The Labute approximate surface area is 95.0 Å². The normalized spacial score (nSPS) is 38.1. The Bertz CT molecular complexity index is 406. The summed E-state index contributed by atoms with van der Waals surface area (Å²) in [5.74, 6) is 0.380. The second-order valence-corrected chi connectivity index (χ2v) is 5.54. The van der Waals surface area contributed by atoms with Crippen LogP contribution in [0.15, 0.2) is 5.10 Å². The molecule has 0 aromatic carbocycles. The van der Waals surface area contributed by atoms with E-state index in [9.17, 15) is 4.79 Å². The minimum atomic E-state index is -0.276. The third kappa shape index (κ3) is 1.14. The number of fused-ring (bicyclic) bond motifs is 2. The third-order valence-electron chi connectivity index (χ3n) is 4.60. The number of hydrazone groups is 1. The summed E-state index contributed by atoms with van der Waals surface area (Å²) in [4.78, 5) is 12.3. The minimum Gasteiger partial charge on any atom is -0.292 e. The van der Waals surface area contributed by atoms with Crippen LogP contribution in [0.2, 0.25) is 0 Å². The van der Waals surface area contributed by atoms with Crippen molar-refractivity contribution in [1.82, 2.24) is 0 Å². The molecule has 0 amide bonds. The molecule has 0 aromatic rings. The molecule has 5 N–H and O–H groups in total. The van der Waals surface area contributed by atoms with Crippen LogP contribution in [0.3, 0.4) is 0 Å². The fraction of sp³-hybridized carbons (Fsp3) is 0.727. The van der Waals surface area contributed by atoms with E-state index in [0.717, 1.165) is 12.8 Å². The van der Waals surface area contributed by atoms with E-state index in [4.69, 9.17) is 11.5 Å². The topological polar surface area (TPSA) is 95.4 Å². The van der Waals surface area contributed by atoms with E-state index in [-0.39, 0.29) is 28.5 Å². The molecule has 88 valence electrons. The monoisotopic (exact) mass is 223 g/mol. The number of ketones is 1. The molecule has 2 atom stereocenters. The molecule has 5 nitrogen and oxygen atoms in total. The molecule has 2 bridgehead atoms. The van der Waals surface area contributed by atoms with Crippen LogP contribution in [-0.4, -0.2) is 17.5 Å². The molecule has 0 heterocycles. The van der Waals surface area contributed by atoms with Crippen molar-refractivity contribution in [3.05, 3.63) is 0 Å². The molecule has 0 unspecified atom stereocenters. The number of hydrogen-bond acceptors (Lipinski definition) is 2. The fourth-order valence-electron chi connectivity index (χ4n) is 3.08. The number of hydrogen-bond donors (Lipinski definition) is 3. The lowest BCUT2D eigenvalue weighted by Crippen LogP contribution is -2.73. The van der Waals surface area contributed by atoms with Crippen LogP contribution in [0.25, 0.3) is 0 Å². The maximum Gasteiger partial charge on any atom is 0.362 e. The molecule has 2 aliphatic carbocycles. The number of nitrogens with two attached hydrogens (primary N) is 2. The van der Waals surface area contributed by atoms with Gasteiger partial charge in [-0.2, -0.15) is 5.10 Å². The zero-order valence-corrected chi connectivity index (χ0v) is 10.0. The van der Waals surface area contributed by atoms with Gasteiger partial charge in [0.25, 0.3) is 0 Å². The molecular formula is C11H19N4O+. The van der Waals surface area contributed by atoms with Gasteiger partial charge >= 0.3 is 5.96 Å². The number of rotatable bonds is 1. The molecule has 2 rings (SSSR count). The summed E-state index contributed by atoms with van der Waals surface area (Å²) in [5.41, 5.74) is 10.9. The first-order valence-corrected chi connectivity index (χ1v) is 5.57. The van der Waals surface area contributed by atoms with Crippen LogP contribution in [0, 0.1) is 16.7 Å². The summed E-state index contributed by atoms with van der Waals surface area (Å²) < 4.78 is 0. The first kappa shape index (κ1) is 11.1. The van der Waals surface area contributed by atoms with Gasteiger partial charge in [-0.3, -0.25) is 16.3 Å². The number of guanidine groups is 1. The van der Waals surface area contributed by atoms with E-state index in [0.29, 0.717) is 5.71 Å². The summed E-state index contributed by atoms with van der Waals surface area (Å²) in [6.07, 6.45) is 1.96. The highest BCUT2D eigenvalue weighted by Crippen LogP contribution is 2.62. The second-order valence-electron chi connectivity index (χ2n) is 5.54. The summed E-state index contributed by atoms with van der Waals surface area (Å²) in [5, 5.41) is 6.55. The molecular weight excluding hydrogens is 204 g/mol. The van der Waals surface area contributed by atoms with Crippen molar-refractivity contribution >= 4 is 17.5 Å². The van der Waals surface area contributed by atoms with E-state index < -0.39 is 0 Å². The van der Waals surface area contributed by atoms with Crippen LogP contribution in [0.5, 0.6) is 0 Å². The number of nitrogens with zero attached hydrogens (tertiary/aromatic N) is 1.